The van der Waals surface area contributed by atoms with E-state index in [0.29, 0.717) is 19.8 Å². The first-order chi connectivity index (χ1) is 13.0. The van der Waals surface area contributed by atoms with Crippen molar-refractivity contribution in [2.45, 2.75) is 20.3 Å². The van der Waals surface area contributed by atoms with E-state index in [2.05, 4.69) is 5.10 Å². The molecule has 0 radical (unpaired) electrons. The van der Waals surface area contributed by atoms with Crippen LogP contribution in [0.4, 0.5) is 0 Å². The van der Waals surface area contributed by atoms with Gasteiger partial charge in [0.15, 0.2) is 9.84 Å². The van der Waals surface area contributed by atoms with Crippen LogP contribution in [-0.4, -0.2) is 43.8 Å². The first-order valence-electron chi connectivity index (χ1n) is 9.21. The molecule has 0 bridgehead atoms. The molecule has 6 nitrogen and oxygen atoms in total. The Morgan fingerprint density at radius 3 is 2.74 bits per heavy atom. The Kier molecular flexibility index (Phi) is 6.34. The van der Waals surface area contributed by atoms with Crippen molar-refractivity contribution in [2.75, 3.05) is 25.6 Å². The molecule has 2 aromatic rings. The Hall–Kier alpha value is -2.12. The summed E-state index contributed by atoms with van der Waals surface area (Å²) in [5, 5.41) is 5.64. The van der Waals surface area contributed by atoms with E-state index >= 15 is 0 Å². The highest BCUT2D eigenvalue weighted by molar-refractivity contribution is 7.94. The average molecular weight is 391 g/mol. The lowest BCUT2D eigenvalue weighted by molar-refractivity contribution is 0.0119. The van der Waals surface area contributed by atoms with Gasteiger partial charge in [-0.15, -0.1) is 0 Å². The highest BCUT2D eigenvalue weighted by Crippen LogP contribution is 2.25. The number of allylic oxidation sites excluding steroid dienone is 1. The van der Waals surface area contributed by atoms with Crippen molar-refractivity contribution in [3.8, 4) is 11.4 Å². The Morgan fingerprint density at radius 2 is 2.07 bits per heavy atom. The van der Waals surface area contributed by atoms with E-state index in [1.165, 1.54) is 5.41 Å². The van der Waals surface area contributed by atoms with Crippen molar-refractivity contribution in [2.24, 2.45) is 11.8 Å². The van der Waals surface area contributed by atoms with Crippen LogP contribution in [0.1, 0.15) is 19.0 Å². The van der Waals surface area contributed by atoms with Gasteiger partial charge in [-0.3, -0.25) is 0 Å². The highest BCUT2D eigenvalue weighted by Gasteiger charge is 2.25. The molecule has 1 saturated heterocycles. The molecule has 2 heterocycles. The first-order valence-corrected chi connectivity index (χ1v) is 10.9. The van der Waals surface area contributed by atoms with Gasteiger partial charge in [-0.25, -0.2) is 13.1 Å². The number of nitrogens with zero attached hydrogens (tertiary/aromatic N) is 2. The van der Waals surface area contributed by atoms with Gasteiger partial charge in [0.1, 0.15) is 5.75 Å². The van der Waals surface area contributed by atoms with Crippen LogP contribution in [-0.2, 0) is 14.6 Å². The zero-order valence-electron chi connectivity index (χ0n) is 15.7. The molecule has 0 saturated carbocycles. The van der Waals surface area contributed by atoms with E-state index in [-0.39, 0.29) is 17.6 Å². The lowest BCUT2D eigenvalue weighted by Crippen LogP contribution is -2.31. The second-order valence-corrected chi connectivity index (χ2v) is 8.93. The van der Waals surface area contributed by atoms with E-state index in [4.69, 9.17) is 9.47 Å². The van der Waals surface area contributed by atoms with Gasteiger partial charge in [-0.05, 0) is 49.6 Å². The Balaban J connectivity index is 1.61. The summed E-state index contributed by atoms with van der Waals surface area (Å²) in [6, 6.07) is 9.74. The monoisotopic (exact) mass is 390 g/mol. The number of aromatic nitrogens is 2. The predicted molar refractivity (Wildman–Crippen MR) is 105 cm³/mol. The molecule has 1 aliphatic heterocycles. The topological polar surface area (TPSA) is 70.4 Å². The second kappa shape index (κ2) is 8.71. The number of ether oxygens (including phenoxy) is 2. The lowest BCUT2D eigenvalue weighted by atomic mass is 9.89. The average Bonchev–Trinajstić information content (AvgIpc) is 3.12. The van der Waals surface area contributed by atoms with E-state index in [9.17, 15) is 8.42 Å². The molecule has 0 N–H and O–H groups in total. The molecule has 0 spiro atoms. The minimum atomic E-state index is -3.11. The first kappa shape index (κ1) is 19.6. The molecule has 146 valence electrons. The Morgan fingerprint density at radius 1 is 1.30 bits per heavy atom. The molecule has 3 rings (SSSR count). The van der Waals surface area contributed by atoms with Crippen LogP contribution < -0.4 is 4.74 Å². The van der Waals surface area contributed by atoms with E-state index in [1.807, 2.05) is 41.9 Å². The predicted octanol–water partition coefficient (Wildman–Crippen LogP) is 3.16. The Bertz CT molecular complexity index is 872. The Labute approximate surface area is 160 Å². The van der Waals surface area contributed by atoms with Crippen molar-refractivity contribution in [3.05, 3.63) is 53.7 Å². The molecule has 0 unspecified atom stereocenters. The third kappa shape index (κ3) is 5.20. The smallest absolute Gasteiger partial charge is 0.171 e. The van der Waals surface area contributed by atoms with Crippen molar-refractivity contribution >= 4 is 9.84 Å². The minimum absolute atomic E-state index is 0.121. The zero-order valence-corrected chi connectivity index (χ0v) is 16.6. The summed E-state index contributed by atoms with van der Waals surface area (Å²) < 4.78 is 36.8. The van der Waals surface area contributed by atoms with E-state index in [0.717, 1.165) is 23.6 Å². The maximum absolute atomic E-state index is 11.7. The molecule has 0 amide bonds. The maximum atomic E-state index is 11.7. The van der Waals surface area contributed by atoms with Crippen LogP contribution in [0.15, 0.2) is 48.0 Å². The number of aryl methyl sites for hydroxylation is 1. The molecule has 27 heavy (non-hydrogen) atoms. The minimum Gasteiger partial charge on any atom is -0.493 e. The van der Waals surface area contributed by atoms with Gasteiger partial charge in [-0.1, -0.05) is 13.0 Å². The largest absolute Gasteiger partial charge is 0.493 e. The van der Waals surface area contributed by atoms with Gasteiger partial charge in [0, 0.05) is 29.8 Å². The van der Waals surface area contributed by atoms with Crippen LogP contribution in [0.5, 0.6) is 5.75 Å². The lowest BCUT2D eigenvalue weighted by Gasteiger charge is -2.29. The normalized spacial score (nSPS) is 20.8. The number of sulfone groups is 1. The maximum Gasteiger partial charge on any atom is 0.171 e. The van der Waals surface area contributed by atoms with E-state index < -0.39 is 9.84 Å². The van der Waals surface area contributed by atoms with Gasteiger partial charge in [0.25, 0.3) is 0 Å². The molecular weight excluding hydrogens is 364 g/mol. The summed E-state index contributed by atoms with van der Waals surface area (Å²) >= 11 is 0. The third-order valence-electron chi connectivity index (χ3n) is 4.85. The number of rotatable bonds is 7. The summed E-state index contributed by atoms with van der Waals surface area (Å²) in [4.78, 5) is 0. The van der Waals surface area contributed by atoms with Crippen LogP contribution >= 0.6 is 0 Å². The third-order valence-corrected chi connectivity index (χ3v) is 6.22. The standard InChI is InChI=1S/C20H26N2O4S/c1-3-27(23,24)13-10-17-9-12-25-14-18(17)15-26-20-6-4-19(5-7-20)22-16(2)8-11-21-22/h4-8,10-11,13,17-18H,3,9,12,14-15H2,1-2H3/b13-10-/t17-,18-/m1/s1. The fourth-order valence-corrected chi connectivity index (χ4v) is 3.72. The van der Waals surface area contributed by atoms with Gasteiger partial charge >= 0.3 is 0 Å². The molecule has 7 heteroatoms. The molecule has 1 fully saturated rings. The van der Waals surface area contributed by atoms with E-state index in [1.54, 1.807) is 19.2 Å². The second-order valence-electron chi connectivity index (χ2n) is 6.76. The quantitative estimate of drug-likeness (QED) is 0.726. The fourth-order valence-electron chi connectivity index (χ4n) is 3.08. The van der Waals surface area contributed by atoms with Gasteiger partial charge < -0.3 is 9.47 Å². The van der Waals surface area contributed by atoms with Gasteiger partial charge in [0.05, 0.1) is 24.7 Å². The molecule has 1 aliphatic rings. The van der Waals surface area contributed by atoms with Gasteiger partial charge in [0.2, 0.25) is 0 Å². The number of benzene rings is 1. The van der Waals surface area contributed by atoms with Crippen molar-refractivity contribution < 1.29 is 17.9 Å². The summed E-state index contributed by atoms with van der Waals surface area (Å²) in [6.45, 7) is 5.37. The number of hydrogen-bond acceptors (Lipinski definition) is 5. The zero-order chi connectivity index (χ0) is 19.3. The fraction of sp³-hybridized carbons (Fsp3) is 0.450. The molecule has 2 atom stereocenters. The number of hydrogen-bond donors (Lipinski definition) is 0. The molecular formula is C20H26N2O4S. The van der Waals surface area contributed by atoms with Gasteiger partial charge in [-0.2, -0.15) is 5.10 Å². The summed E-state index contributed by atoms with van der Waals surface area (Å²) in [7, 11) is -3.11. The van der Waals surface area contributed by atoms with Crippen molar-refractivity contribution in [3.63, 3.8) is 0 Å². The van der Waals surface area contributed by atoms with Crippen LogP contribution in [0.2, 0.25) is 0 Å². The summed E-state index contributed by atoms with van der Waals surface area (Å²) in [5.74, 6) is 1.18. The SMILES string of the molecule is CCS(=O)(=O)/C=C\[C@H]1CCOC[C@@H]1COc1ccc(-n2nccc2C)cc1. The van der Waals surface area contributed by atoms with Crippen molar-refractivity contribution in [1.82, 2.24) is 9.78 Å². The van der Waals surface area contributed by atoms with Crippen LogP contribution in [0, 0.1) is 18.8 Å². The summed E-state index contributed by atoms with van der Waals surface area (Å²) in [6.07, 6.45) is 4.38. The highest BCUT2D eigenvalue weighted by atomic mass is 32.2. The van der Waals surface area contributed by atoms with Crippen molar-refractivity contribution in [1.29, 1.82) is 0 Å². The van der Waals surface area contributed by atoms with Crippen LogP contribution in [0.25, 0.3) is 5.69 Å². The molecule has 1 aromatic carbocycles. The molecule has 0 aliphatic carbocycles. The summed E-state index contributed by atoms with van der Waals surface area (Å²) in [5.41, 5.74) is 2.05. The van der Waals surface area contributed by atoms with Crippen LogP contribution in [0.3, 0.4) is 0 Å². The molecule has 1 aromatic heterocycles.